The zero-order valence-corrected chi connectivity index (χ0v) is 20.7. The second-order valence-corrected chi connectivity index (χ2v) is 10.3. The standard InChI is InChI=1S/C23H28F2N6O5S/c1-2-5-37-23-27-21(26-14-7-11(14)10-3-4-12(24)13(25)6-10)18-22(28-23)31(30-29-18)15-8-16(20(35)19(15)34)36-17(33)9-32/h3-4,6,11,14-17,19-20,32-35H,2,5,7-9H2,1H3,(H,26,27,28)/t11-,14+,15+,16-,17?,19-,20+/m0/s1. The van der Waals surface area contributed by atoms with Gasteiger partial charge in [0.25, 0.3) is 0 Å². The van der Waals surface area contributed by atoms with Crippen LogP contribution in [0.4, 0.5) is 14.6 Å². The van der Waals surface area contributed by atoms with Crippen LogP contribution in [-0.4, -0.2) is 88.4 Å². The number of anilines is 1. The fraction of sp³-hybridized carbons (Fsp3) is 0.565. The molecule has 0 amide bonds. The van der Waals surface area contributed by atoms with E-state index in [1.165, 1.54) is 22.5 Å². The number of rotatable bonds is 10. The van der Waals surface area contributed by atoms with Crippen molar-refractivity contribution in [2.75, 3.05) is 17.7 Å². The molecule has 0 saturated heterocycles. The summed E-state index contributed by atoms with van der Waals surface area (Å²) in [6.45, 7) is 1.38. The lowest BCUT2D eigenvalue weighted by Crippen LogP contribution is -2.35. The highest BCUT2D eigenvalue weighted by Crippen LogP contribution is 2.44. The molecular weight excluding hydrogens is 510 g/mol. The van der Waals surface area contributed by atoms with E-state index >= 15 is 0 Å². The maximum absolute atomic E-state index is 13.7. The Balaban J connectivity index is 1.42. The van der Waals surface area contributed by atoms with Gasteiger partial charge in [0, 0.05) is 24.1 Å². The van der Waals surface area contributed by atoms with Crippen molar-refractivity contribution in [2.45, 2.75) is 73.9 Å². The molecule has 200 valence electrons. The third-order valence-electron chi connectivity index (χ3n) is 6.62. The van der Waals surface area contributed by atoms with Crippen molar-refractivity contribution in [3.05, 3.63) is 35.4 Å². The summed E-state index contributed by atoms with van der Waals surface area (Å²) >= 11 is 1.45. The van der Waals surface area contributed by atoms with E-state index in [4.69, 9.17) is 9.84 Å². The van der Waals surface area contributed by atoms with E-state index in [2.05, 4.69) is 25.6 Å². The first-order valence-corrected chi connectivity index (χ1v) is 13.1. The molecule has 3 aromatic rings. The molecule has 5 N–H and O–H groups in total. The molecular formula is C23H28F2N6O5S. The summed E-state index contributed by atoms with van der Waals surface area (Å²) < 4.78 is 33.7. The van der Waals surface area contributed by atoms with Gasteiger partial charge < -0.3 is 30.5 Å². The number of aliphatic hydroxyl groups is 4. The Hall–Kier alpha value is -2.49. The van der Waals surface area contributed by atoms with Crippen LogP contribution in [0.5, 0.6) is 0 Å². The average molecular weight is 539 g/mol. The van der Waals surface area contributed by atoms with Crippen molar-refractivity contribution in [3.8, 4) is 0 Å². The van der Waals surface area contributed by atoms with Crippen LogP contribution in [0.1, 0.15) is 43.7 Å². The van der Waals surface area contributed by atoms with Gasteiger partial charge in [-0.25, -0.2) is 23.4 Å². The Labute approximate surface area is 214 Å². The first-order valence-electron chi connectivity index (χ1n) is 12.1. The summed E-state index contributed by atoms with van der Waals surface area (Å²) in [5, 5.41) is 52.0. The van der Waals surface area contributed by atoms with Gasteiger partial charge >= 0.3 is 0 Å². The van der Waals surface area contributed by atoms with E-state index in [1.807, 2.05) is 6.92 Å². The number of aromatic nitrogens is 5. The highest BCUT2D eigenvalue weighted by atomic mass is 32.2. The molecule has 2 aliphatic rings. The maximum atomic E-state index is 13.7. The number of hydrogen-bond donors (Lipinski definition) is 5. The minimum absolute atomic E-state index is 0.0236. The Bertz CT molecular complexity index is 1270. The molecule has 2 fully saturated rings. The van der Waals surface area contributed by atoms with Crippen LogP contribution in [-0.2, 0) is 4.74 Å². The zero-order valence-electron chi connectivity index (χ0n) is 19.9. The van der Waals surface area contributed by atoms with Crippen LogP contribution >= 0.6 is 11.8 Å². The van der Waals surface area contributed by atoms with Gasteiger partial charge in [-0.2, -0.15) is 0 Å². The Morgan fingerprint density at radius 1 is 1.19 bits per heavy atom. The Morgan fingerprint density at radius 2 is 2.00 bits per heavy atom. The summed E-state index contributed by atoms with van der Waals surface area (Å²) in [7, 11) is 0. The lowest BCUT2D eigenvalue weighted by atomic mass is 10.1. The molecule has 7 atom stereocenters. The SMILES string of the molecule is CCCSc1nc(N[C@@H]2C[C@H]2c2ccc(F)c(F)c2)c2nnn([C@@H]3C[C@H](OC(O)CO)[C@@H](O)[C@H]3O)c2n1. The fourth-order valence-electron chi connectivity index (χ4n) is 4.62. The minimum Gasteiger partial charge on any atom is -0.391 e. The average Bonchev–Trinajstić information content (AvgIpc) is 3.44. The predicted molar refractivity (Wildman–Crippen MR) is 129 cm³/mol. The number of nitrogens with zero attached hydrogens (tertiary/aromatic N) is 5. The van der Waals surface area contributed by atoms with Gasteiger partial charge in [0.2, 0.25) is 0 Å². The summed E-state index contributed by atoms with van der Waals surface area (Å²) in [5.41, 5.74) is 1.39. The van der Waals surface area contributed by atoms with Crippen molar-refractivity contribution < 1.29 is 33.9 Å². The molecule has 1 aromatic carbocycles. The minimum atomic E-state index is -1.49. The third kappa shape index (κ3) is 5.26. The Morgan fingerprint density at radius 3 is 2.73 bits per heavy atom. The lowest BCUT2D eigenvalue weighted by Gasteiger charge is -2.19. The number of halogens is 2. The van der Waals surface area contributed by atoms with Crippen molar-refractivity contribution >= 4 is 28.7 Å². The highest BCUT2D eigenvalue weighted by molar-refractivity contribution is 7.99. The molecule has 2 saturated carbocycles. The van der Waals surface area contributed by atoms with Crippen LogP contribution in [0.25, 0.3) is 11.2 Å². The van der Waals surface area contributed by atoms with Crippen LogP contribution < -0.4 is 5.32 Å². The van der Waals surface area contributed by atoms with Gasteiger partial charge in [-0.15, -0.1) is 5.10 Å². The molecule has 2 heterocycles. The molecule has 37 heavy (non-hydrogen) atoms. The van der Waals surface area contributed by atoms with Gasteiger partial charge in [-0.1, -0.05) is 30.0 Å². The molecule has 0 aliphatic heterocycles. The number of ether oxygens (including phenoxy) is 1. The number of aliphatic hydroxyl groups excluding tert-OH is 4. The fourth-order valence-corrected chi connectivity index (χ4v) is 5.32. The van der Waals surface area contributed by atoms with E-state index in [1.54, 1.807) is 6.07 Å². The van der Waals surface area contributed by atoms with Crippen LogP contribution in [0.15, 0.2) is 23.4 Å². The van der Waals surface area contributed by atoms with Crippen LogP contribution in [0.3, 0.4) is 0 Å². The normalized spacial score (nSPS) is 28.1. The molecule has 14 heteroatoms. The van der Waals surface area contributed by atoms with Gasteiger partial charge in [0.1, 0.15) is 12.2 Å². The predicted octanol–water partition coefficient (Wildman–Crippen LogP) is 1.33. The van der Waals surface area contributed by atoms with Crippen molar-refractivity contribution in [1.29, 1.82) is 0 Å². The van der Waals surface area contributed by atoms with Gasteiger partial charge in [-0.3, -0.25) is 0 Å². The number of fused-ring (bicyclic) bond motifs is 1. The van der Waals surface area contributed by atoms with Gasteiger partial charge in [0.15, 0.2) is 40.1 Å². The topological polar surface area (TPSA) is 159 Å². The van der Waals surface area contributed by atoms with E-state index in [0.29, 0.717) is 34.1 Å². The molecule has 1 unspecified atom stereocenters. The summed E-state index contributed by atoms with van der Waals surface area (Å²) in [6.07, 6.45) is -3.33. The number of thioether (sulfide) groups is 1. The molecule has 5 rings (SSSR count). The summed E-state index contributed by atoms with van der Waals surface area (Å²) in [6, 6.07) is 3.06. The van der Waals surface area contributed by atoms with Crippen molar-refractivity contribution in [2.24, 2.45) is 0 Å². The Kier molecular flexibility index (Phi) is 7.56. The van der Waals surface area contributed by atoms with Crippen LogP contribution in [0.2, 0.25) is 0 Å². The lowest BCUT2D eigenvalue weighted by molar-refractivity contribution is -0.179. The third-order valence-corrected chi connectivity index (χ3v) is 7.68. The first kappa shape index (κ1) is 26.1. The smallest absolute Gasteiger partial charge is 0.191 e. The molecule has 0 spiro atoms. The van der Waals surface area contributed by atoms with Crippen molar-refractivity contribution in [3.63, 3.8) is 0 Å². The van der Waals surface area contributed by atoms with E-state index in [9.17, 15) is 24.1 Å². The molecule has 2 aliphatic carbocycles. The largest absolute Gasteiger partial charge is 0.391 e. The summed E-state index contributed by atoms with van der Waals surface area (Å²) in [5.74, 6) is -0.600. The molecule has 0 bridgehead atoms. The summed E-state index contributed by atoms with van der Waals surface area (Å²) in [4.78, 5) is 9.21. The van der Waals surface area contributed by atoms with E-state index < -0.39 is 48.9 Å². The quantitative estimate of drug-likeness (QED) is 0.144. The molecule has 0 radical (unpaired) electrons. The maximum Gasteiger partial charge on any atom is 0.191 e. The van der Waals surface area contributed by atoms with E-state index in [-0.39, 0.29) is 18.4 Å². The molecule has 11 nitrogen and oxygen atoms in total. The van der Waals surface area contributed by atoms with Crippen molar-refractivity contribution in [1.82, 2.24) is 25.0 Å². The molecule has 2 aromatic heterocycles. The van der Waals surface area contributed by atoms with E-state index in [0.717, 1.165) is 18.2 Å². The number of benzene rings is 1. The first-order chi connectivity index (χ1) is 17.8. The van der Waals surface area contributed by atoms with Gasteiger partial charge in [-0.05, 0) is 30.5 Å². The van der Waals surface area contributed by atoms with Gasteiger partial charge in [0.05, 0.1) is 18.8 Å². The zero-order chi connectivity index (χ0) is 26.3. The van der Waals surface area contributed by atoms with Crippen LogP contribution in [0, 0.1) is 11.6 Å². The number of nitrogens with one attached hydrogen (secondary N) is 1. The second kappa shape index (κ2) is 10.7. The second-order valence-electron chi connectivity index (χ2n) is 9.27. The number of hydrogen-bond acceptors (Lipinski definition) is 11. The monoisotopic (exact) mass is 538 g/mol. The highest BCUT2D eigenvalue weighted by Gasteiger charge is 2.46.